The molecule has 0 radical (unpaired) electrons. The molecule has 1 rings (SSSR count). The van der Waals surface area contributed by atoms with Crippen LogP contribution in [0.2, 0.25) is 0 Å². The number of aliphatic hydroxyl groups is 2. The smallest absolute Gasteiger partial charge is 0.328 e. The van der Waals surface area contributed by atoms with Crippen LogP contribution in [0.1, 0.15) is 183 Å². The minimum Gasteiger partial charge on any atom is -0.458 e. The molecule has 0 spiro atoms. The molecule has 1 aliphatic heterocycles. The summed E-state index contributed by atoms with van der Waals surface area (Å²) < 4.78 is 5.58. The lowest BCUT2D eigenvalue weighted by atomic mass is 9.96. The highest BCUT2D eigenvalue weighted by atomic mass is 16.5. The molecule has 0 aromatic rings. The lowest BCUT2D eigenvalue weighted by Crippen LogP contribution is -2.62. The summed E-state index contributed by atoms with van der Waals surface area (Å²) >= 11 is 0. The molecule has 70 heavy (non-hydrogen) atoms. The van der Waals surface area contributed by atoms with Gasteiger partial charge in [-0.15, -0.1) is 0 Å². The Hall–Kier alpha value is -5.05. The summed E-state index contributed by atoms with van der Waals surface area (Å²) in [5, 5.41) is 36.3. The van der Waals surface area contributed by atoms with Crippen molar-refractivity contribution < 1.29 is 53.3 Å². The maximum absolute atomic E-state index is 14.1. The number of primary amides is 1. The number of nitrogens with zero attached hydrogens (tertiary/aromatic N) is 1. The second-order valence-electron chi connectivity index (χ2n) is 19.5. The Labute approximate surface area is 415 Å². The van der Waals surface area contributed by atoms with Crippen molar-refractivity contribution in [3.8, 4) is 0 Å². The maximum atomic E-state index is 14.1. The predicted molar refractivity (Wildman–Crippen MR) is 267 cm³/mol. The van der Waals surface area contributed by atoms with E-state index in [0.717, 1.165) is 38.5 Å². The van der Waals surface area contributed by atoms with Gasteiger partial charge in [-0.05, 0) is 51.9 Å². The van der Waals surface area contributed by atoms with Gasteiger partial charge in [0.25, 0.3) is 0 Å². The Morgan fingerprint density at radius 2 is 1.11 bits per heavy atom. The second-order valence-corrected chi connectivity index (χ2v) is 19.5. The fraction of sp³-hybridized carbons (Fsp3) is 0.816. The van der Waals surface area contributed by atoms with Gasteiger partial charge >= 0.3 is 5.97 Å². The third kappa shape index (κ3) is 26.8. The number of cyclic esters (lactones) is 1. The number of amides is 7. The highest BCUT2D eigenvalue weighted by Crippen LogP contribution is 2.17. The molecular weight excluding hydrogens is 905 g/mol. The molecule has 1 heterocycles. The third-order valence-electron chi connectivity index (χ3n) is 12.5. The zero-order chi connectivity index (χ0) is 52.8. The topological polar surface area (TPSA) is 349 Å². The lowest BCUT2D eigenvalue weighted by Gasteiger charge is -2.30. The number of rotatable bonds is 29. The van der Waals surface area contributed by atoms with Crippen molar-refractivity contribution in [1.29, 1.82) is 0 Å². The van der Waals surface area contributed by atoms with Crippen molar-refractivity contribution in [2.24, 2.45) is 34.0 Å². The quantitative estimate of drug-likeness (QED) is 0.0221. The first-order valence-corrected chi connectivity index (χ1v) is 25.8. The Balaban J connectivity index is 3.00. The van der Waals surface area contributed by atoms with Crippen LogP contribution in [0.3, 0.4) is 0 Å². The van der Waals surface area contributed by atoms with E-state index in [1.807, 2.05) is 0 Å². The van der Waals surface area contributed by atoms with Crippen LogP contribution in [-0.2, 0) is 43.1 Å². The minimum absolute atomic E-state index is 0.0786. The van der Waals surface area contributed by atoms with Gasteiger partial charge in [0.15, 0.2) is 5.96 Å². The summed E-state index contributed by atoms with van der Waals surface area (Å²) in [5.74, 6) is -7.97. The number of esters is 1. The highest BCUT2D eigenvalue weighted by Gasteiger charge is 2.38. The molecule has 1 saturated heterocycles. The molecule has 0 aromatic heterocycles. The van der Waals surface area contributed by atoms with Crippen LogP contribution >= 0.6 is 0 Å². The van der Waals surface area contributed by atoms with Gasteiger partial charge < -0.3 is 64.1 Å². The fourth-order valence-corrected chi connectivity index (χ4v) is 8.09. The van der Waals surface area contributed by atoms with Gasteiger partial charge in [-0.2, -0.15) is 0 Å². The standard InChI is InChI=1S/C49H90N10O11/c1-8-31(4)40-45(66)59-41(33(6)60)46(67)56-37(29-38(50)62)43(64)54-32(5)48(69)70-34(7)42(47(68)55-36(27-30(2)3)44(65)58-40)57-39(63)28-35(61)25-23-21-19-17-15-13-11-9-10-12-14-16-18-20-22-24-26-53-49(51)52/h30-37,40-42,60-61H,8-29H2,1-7H3,(H2,50,62)(H,54,64)(H,55,68)(H,56,67)(H,57,63)(H,58,65)(H,59,66)(H4,51,52,53)/t31-,32+,33-,34+,35?,36?,37+,40-,41?,42-/m0/s1. The van der Waals surface area contributed by atoms with Crippen LogP contribution in [0.15, 0.2) is 4.99 Å². The highest BCUT2D eigenvalue weighted by molar-refractivity contribution is 5.98. The number of nitrogens with one attached hydrogen (secondary N) is 6. The lowest BCUT2D eigenvalue weighted by molar-refractivity contribution is -0.155. The van der Waals surface area contributed by atoms with Crippen LogP contribution in [0, 0.1) is 11.8 Å². The molecule has 3 unspecified atom stereocenters. The van der Waals surface area contributed by atoms with Crippen LogP contribution < -0.4 is 49.1 Å². The van der Waals surface area contributed by atoms with Gasteiger partial charge in [-0.3, -0.25) is 38.6 Å². The molecule has 0 saturated carbocycles. The average molecular weight is 995 g/mol. The summed E-state index contributed by atoms with van der Waals surface area (Å²) in [6.07, 6.45) is 14.0. The first-order chi connectivity index (χ1) is 33.1. The van der Waals surface area contributed by atoms with Crippen molar-refractivity contribution in [1.82, 2.24) is 31.9 Å². The van der Waals surface area contributed by atoms with E-state index < -0.39 is 114 Å². The molecule has 21 heteroatoms. The van der Waals surface area contributed by atoms with Gasteiger partial charge in [0, 0.05) is 6.54 Å². The average Bonchev–Trinajstić information content (AvgIpc) is 3.27. The summed E-state index contributed by atoms with van der Waals surface area (Å²) in [5.41, 5.74) is 16.1. The van der Waals surface area contributed by atoms with E-state index in [1.165, 1.54) is 78.6 Å². The monoisotopic (exact) mass is 995 g/mol. The van der Waals surface area contributed by atoms with E-state index >= 15 is 0 Å². The molecule has 0 aromatic carbocycles. The van der Waals surface area contributed by atoms with Crippen LogP contribution in [0.25, 0.3) is 0 Å². The predicted octanol–water partition coefficient (Wildman–Crippen LogP) is 1.86. The van der Waals surface area contributed by atoms with Crippen LogP contribution in [-0.4, -0.2) is 125 Å². The molecule has 21 nitrogen and oxygen atoms in total. The second kappa shape index (κ2) is 35.1. The fourth-order valence-electron chi connectivity index (χ4n) is 8.09. The summed E-state index contributed by atoms with van der Waals surface area (Å²) in [6, 6.07) is -8.92. The molecule has 7 amide bonds. The summed E-state index contributed by atoms with van der Waals surface area (Å²) in [6.45, 7) is 11.5. The molecule has 0 bridgehead atoms. The van der Waals surface area contributed by atoms with Crippen molar-refractivity contribution in [3.05, 3.63) is 0 Å². The van der Waals surface area contributed by atoms with E-state index in [-0.39, 0.29) is 24.7 Å². The van der Waals surface area contributed by atoms with Crippen molar-refractivity contribution in [2.45, 2.75) is 238 Å². The molecule has 0 aliphatic carbocycles. The van der Waals surface area contributed by atoms with E-state index in [4.69, 9.17) is 21.9 Å². The number of hydrogen-bond donors (Lipinski definition) is 11. The van der Waals surface area contributed by atoms with Crippen LogP contribution in [0.5, 0.6) is 0 Å². The normalized spacial score (nSPS) is 23.4. The Bertz CT molecular complexity index is 1660. The SMILES string of the molecule is CC[C@H](C)[C@@H]1NC(=O)C(CC(C)C)NC(=O)[C@@H](NC(=O)CC(O)CCCCCCCCCCCCCCCCCCN=C(N)N)[C@@H](C)OC(=O)[C@@H](C)NC(=O)[C@@H](CC(N)=O)NC(=O)C([C@H](C)O)NC1=O. The Morgan fingerprint density at radius 1 is 0.643 bits per heavy atom. The van der Waals surface area contributed by atoms with Gasteiger partial charge in [0.2, 0.25) is 41.4 Å². The molecule has 10 atom stereocenters. The Kier molecular flexibility index (Phi) is 31.6. The van der Waals surface area contributed by atoms with E-state index in [0.29, 0.717) is 25.8 Å². The Morgan fingerprint density at radius 3 is 1.60 bits per heavy atom. The minimum atomic E-state index is -1.67. The molecule has 1 fully saturated rings. The number of unbranched alkanes of at least 4 members (excludes halogenated alkanes) is 15. The summed E-state index contributed by atoms with van der Waals surface area (Å²) in [4.78, 5) is 112. The number of ether oxygens (including phenoxy) is 1. The van der Waals surface area contributed by atoms with E-state index in [1.54, 1.807) is 27.7 Å². The third-order valence-corrected chi connectivity index (χ3v) is 12.5. The zero-order valence-corrected chi connectivity index (χ0v) is 43.2. The van der Waals surface area contributed by atoms with Gasteiger partial charge in [0.05, 0.1) is 25.0 Å². The summed E-state index contributed by atoms with van der Waals surface area (Å²) in [7, 11) is 0. The number of carbonyl (C=O) groups is 8. The molecule has 1 aliphatic rings. The van der Waals surface area contributed by atoms with Crippen LogP contribution in [0.4, 0.5) is 0 Å². The first-order valence-electron chi connectivity index (χ1n) is 25.8. The van der Waals surface area contributed by atoms with Crippen molar-refractivity contribution in [3.63, 3.8) is 0 Å². The number of aliphatic hydroxyl groups excluding tert-OH is 2. The molecular formula is C49H90N10O11. The number of guanidine groups is 1. The largest absolute Gasteiger partial charge is 0.458 e. The van der Waals surface area contributed by atoms with Crippen molar-refractivity contribution in [2.75, 3.05) is 6.54 Å². The number of carbonyl (C=O) groups excluding carboxylic acids is 8. The molecule has 14 N–H and O–H groups in total. The maximum Gasteiger partial charge on any atom is 0.328 e. The van der Waals surface area contributed by atoms with Gasteiger partial charge in [0.1, 0.15) is 42.4 Å². The van der Waals surface area contributed by atoms with E-state index in [9.17, 15) is 48.6 Å². The zero-order valence-electron chi connectivity index (χ0n) is 43.2. The first kappa shape index (κ1) is 63.0. The number of nitrogens with two attached hydrogens (primary N) is 3. The number of hydrogen-bond acceptors (Lipinski definition) is 12. The van der Waals surface area contributed by atoms with E-state index in [2.05, 4.69) is 36.9 Å². The van der Waals surface area contributed by atoms with Gasteiger partial charge in [-0.1, -0.05) is 130 Å². The van der Waals surface area contributed by atoms with Crippen molar-refractivity contribution >= 4 is 53.3 Å². The number of aliphatic imine (C=N–C) groups is 1. The molecule has 402 valence electrons. The van der Waals surface area contributed by atoms with Gasteiger partial charge in [-0.25, -0.2) is 4.79 Å².